The number of carbonyl (C=O) groups excluding carboxylic acids is 1. The second kappa shape index (κ2) is 12.1. The van der Waals surface area contributed by atoms with Gasteiger partial charge in [0.25, 0.3) is 0 Å². The summed E-state index contributed by atoms with van der Waals surface area (Å²) < 4.78 is 0. The highest BCUT2D eigenvalue weighted by Crippen LogP contribution is 2.32. The fourth-order valence-corrected chi connectivity index (χ4v) is 5.66. The summed E-state index contributed by atoms with van der Waals surface area (Å²) >= 11 is 6.63. The van der Waals surface area contributed by atoms with Gasteiger partial charge in [-0.2, -0.15) is 0 Å². The van der Waals surface area contributed by atoms with Crippen molar-refractivity contribution < 1.29 is 4.79 Å². The largest absolute Gasteiger partial charge is 0.351 e. The molecule has 2 aromatic heterocycles. The number of allylic oxidation sites excluding steroid dienone is 4. The zero-order valence-corrected chi connectivity index (χ0v) is 23.5. The minimum atomic E-state index is 0.0904. The molecule has 0 amide bonds. The molecular weight excluding hydrogens is 506 g/mol. The lowest BCUT2D eigenvalue weighted by molar-refractivity contribution is 0.0988. The minimum absolute atomic E-state index is 0.0904. The van der Waals surface area contributed by atoms with Crippen LogP contribution in [-0.4, -0.2) is 26.9 Å². The number of benzene rings is 1. The van der Waals surface area contributed by atoms with Gasteiger partial charge in [-0.1, -0.05) is 49.2 Å². The Bertz CT molecular complexity index is 1470. The number of hydrogen-bond acceptors (Lipinski definition) is 5. The number of aromatic amines is 1. The van der Waals surface area contributed by atoms with Gasteiger partial charge in [0, 0.05) is 29.9 Å². The first-order valence-electron chi connectivity index (χ1n) is 13.9. The van der Waals surface area contributed by atoms with E-state index < -0.39 is 0 Å². The molecule has 0 saturated carbocycles. The summed E-state index contributed by atoms with van der Waals surface area (Å²) in [6.45, 7) is 8.29. The lowest BCUT2D eigenvalue weighted by Gasteiger charge is -2.16. The van der Waals surface area contributed by atoms with E-state index in [9.17, 15) is 4.79 Å². The number of aliphatic imine (C=N–C) groups is 1. The molecule has 1 aliphatic heterocycles. The highest BCUT2D eigenvalue weighted by molar-refractivity contribution is 6.35. The van der Waals surface area contributed by atoms with Crippen molar-refractivity contribution >= 4 is 51.8 Å². The standard InChI is InChI=1S/C32H36ClN5O/c1-4-20(2)14-22-6-5-7-23(10-9-22)15-30(39)29-17-24-16-25(18-26(33)31(24)37-29)36-32-34-13-12-28(38-32)27-11-8-21(3)19-35-27/h4,7,11-13,16-22,37H,1,5-6,8-10,14-15H2,2-3H3,(H,34,36,38). The van der Waals surface area contributed by atoms with Gasteiger partial charge in [-0.15, -0.1) is 6.58 Å². The second-order valence-corrected chi connectivity index (χ2v) is 11.4. The molecular formula is C32H36ClN5O. The monoisotopic (exact) mass is 541 g/mol. The molecule has 2 N–H and O–H groups in total. The topological polar surface area (TPSA) is 83.0 Å². The van der Waals surface area contributed by atoms with Crippen LogP contribution >= 0.6 is 11.6 Å². The third-order valence-corrected chi connectivity index (χ3v) is 7.98. The molecule has 3 unspecified atom stereocenters. The Morgan fingerprint density at radius 1 is 1.28 bits per heavy atom. The third kappa shape index (κ3) is 6.74. The fourth-order valence-electron chi connectivity index (χ4n) is 5.38. The van der Waals surface area contributed by atoms with Crippen LogP contribution in [0.2, 0.25) is 5.02 Å². The van der Waals surface area contributed by atoms with Gasteiger partial charge in [-0.05, 0) is 80.5 Å². The van der Waals surface area contributed by atoms with E-state index in [2.05, 4.69) is 57.8 Å². The van der Waals surface area contributed by atoms with Gasteiger partial charge in [0.2, 0.25) is 5.95 Å². The van der Waals surface area contributed by atoms with E-state index in [0.717, 1.165) is 53.7 Å². The number of ketones is 1. The summed E-state index contributed by atoms with van der Waals surface area (Å²) in [7, 11) is 0. The van der Waals surface area contributed by atoms with Gasteiger partial charge in [-0.25, -0.2) is 9.97 Å². The molecule has 3 atom stereocenters. The van der Waals surface area contributed by atoms with E-state index in [0.29, 0.717) is 40.8 Å². The maximum atomic E-state index is 13.2. The Morgan fingerprint density at radius 2 is 2.15 bits per heavy atom. The van der Waals surface area contributed by atoms with Crippen molar-refractivity contribution in [3.8, 4) is 0 Å². The first-order valence-corrected chi connectivity index (χ1v) is 14.3. The zero-order chi connectivity index (χ0) is 27.4. The van der Waals surface area contributed by atoms with Crippen LogP contribution in [0, 0.1) is 17.8 Å². The number of nitrogens with zero attached hydrogens (tertiary/aromatic N) is 3. The van der Waals surface area contributed by atoms with Gasteiger partial charge in [0.15, 0.2) is 5.78 Å². The molecule has 1 aliphatic carbocycles. The molecule has 5 rings (SSSR count). The first kappa shape index (κ1) is 27.1. The van der Waals surface area contributed by atoms with Gasteiger partial charge in [0.05, 0.1) is 27.6 Å². The van der Waals surface area contributed by atoms with Gasteiger partial charge in [-0.3, -0.25) is 9.79 Å². The third-order valence-electron chi connectivity index (χ3n) is 7.68. The predicted molar refractivity (Wildman–Crippen MR) is 162 cm³/mol. The smallest absolute Gasteiger partial charge is 0.227 e. The highest BCUT2D eigenvalue weighted by Gasteiger charge is 2.19. The van der Waals surface area contributed by atoms with E-state index in [1.807, 2.05) is 36.6 Å². The molecule has 7 heteroatoms. The Kier molecular flexibility index (Phi) is 8.41. The molecule has 202 valence electrons. The van der Waals surface area contributed by atoms with Crippen LogP contribution < -0.4 is 5.32 Å². The summed E-state index contributed by atoms with van der Waals surface area (Å²) in [6.07, 6.45) is 17.0. The number of Topliss-reactive ketones (excluding diaryl/α,β-unsaturated/α-hetero) is 1. The average molecular weight is 542 g/mol. The van der Waals surface area contributed by atoms with Crippen LogP contribution in [0.3, 0.4) is 0 Å². The van der Waals surface area contributed by atoms with Crippen molar-refractivity contribution in [2.24, 2.45) is 22.7 Å². The summed E-state index contributed by atoms with van der Waals surface area (Å²) in [5.41, 5.74) is 4.96. The average Bonchev–Trinajstić information content (AvgIpc) is 3.25. The SMILES string of the molecule is C=CC(C)CC1CCC=C(CC(=O)c2cc3cc(Nc4nccc(C5=CCC(C)C=N5)n4)cc(Cl)c3[nH]2)CC1. The molecule has 1 aromatic carbocycles. The molecule has 0 spiro atoms. The van der Waals surface area contributed by atoms with Gasteiger partial charge < -0.3 is 10.3 Å². The number of anilines is 2. The summed E-state index contributed by atoms with van der Waals surface area (Å²) in [4.78, 5) is 30.0. The van der Waals surface area contributed by atoms with Crippen molar-refractivity contribution in [2.75, 3.05) is 5.32 Å². The number of fused-ring (bicyclic) bond motifs is 1. The van der Waals surface area contributed by atoms with E-state index in [1.54, 1.807) is 6.20 Å². The van der Waals surface area contributed by atoms with Crippen molar-refractivity contribution in [1.82, 2.24) is 15.0 Å². The first-order chi connectivity index (χ1) is 18.9. The maximum absolute atomic E-state index is 13.2. The van der Waals surface area contributed by atoms with Crippen LogP contribution in [0.4, 0.5) is 11.6 Å². The number of halogens is 1. The van der Waals surface area contributed by atoms with Crippen molar-refractivity contribution in [3.05, 3.63) is 77.3 Å². The number of hydrogen-bond donors (Lipinski definition) is 2. The molecule has 3 heterocycles. The molecule has 0 bridgehead atoms. The number of rotatable bonds is 9. The van der Waals surface area contributed by atoms with Gasteiger partial charge >= 0.3 is 0 Å². The Morgan fingerprint density at radius 3 is 2.95 bits per heavy atom. The summed E-state index contributed by atoms with van der Waals surface area (Å²) in [5, 5.41) is 4.66. The maximum Gasteiger partial charge on any atom is 0.227 e. The minimum Gasteiger partial charge on any atom is -0.351 e. The zero-order valence-electron chi connectivity index (χ0n) is 22.7. The molecule has 2 aliphatic rings. The normalized spacial score (nSPS) is 20.2. The van der Waals surface area contributed by atoms with Crippen LogP contribution in [0.15, 0.2) is 65.8 Å². The number of H-pyrrole nitrogens is 1. The second-order valence-electron chi connectivity index (χ2n) is 11.0. The van der Waals surface area contributed by atoms with Crippen LogP contribution in [0.1, 0.15) is 75.0 Å². The van der Waals surface area contributed by atoms with Crippen molar-refractivity contribution in [1.29, 1.82) is 0 Å². The summed E-state index contributed by atoms with van der Waals surface area (Å²) in [5.74, 6) is 2.22. The Hall–Kier alpha value is -3.51. The van der Waals surface area contributed by atoms with Crippen LogP contribution in [0.25, 0.3) is 16.6 Å². The van der Waals surface area contributed by atoms with Crippen molar-refractivity contribution in [3.63, 3.8) is 0 Å². The number of nitrogens with one attached hydrogen (secondary N) is 2. The van der Waals surface area contributed by atoms with Crippen LogP contribution in [-0.2, 0) is 0 Å². The van der Waals surface area contributed by atoms with E-state index in [-0.39, 0.29) is 5.78 Å². The lowest BCUT2D eigenvalue weighted by atomic mass is 9.89. The predicted octanol–water partition coefficient (Wildman–Crippen LogP) is 8.71. The van der Waals surface area contributed by atoms with Gasteiger partial charge in [0.1, 0.15) is 0 Å². The Balaban J connectivity index is 1.27. The number of aromatic nitrogens is 3. The van der Waals surface area contributed by atoms with Crippen LogP contribution in [0.5, 0.6) is 0 Å². The van der Waals surface area contributed by atoms with Crippen molar-refractivity contribution in [2.45, 2.75) is 58.8 Å². The number of carbonyl (C=O) groups is 1. The molecule has 3 aromatic rings. The van der Waals surface area contributed by atoms with E-state index in [4.69, 9.17) is 11.6 Å². The van der Waals surface area contributed by atoms with E-state index >= 15 is 0 Å². The quantitative estimate of drug-likeness (QED) is 0.209. The molecule has 0 radical (unpaired) electrons. The highest BCUT2D eigenvalue weighted by atomic mass is 35.5. The molecule has 6 nitrogen and oxygen atoms in total. The summed E-state index contributed by atoms with van der Waals surface area (Å²) in [6, 6.07) is 7.53. The fraction of sp³-hybridized carbons (Fsp3) is 0.375. The van der Waals surface area contributed by atoms with E-state index in [1.165, 1.54) is 18.4 Å². The molecule has 0 saturated heterocycles. The Labute approximate surface area is 235 Å². The molecule has 0 fully saturated rings. The molecule has 39 heavy (non-hydrogen) atoms. The lowest BCUT2D eigenvalue weighted by Crippen LogP contribution is -2.05.